The number of hydrogen-bond acceptors (Lipinski definition) is 3. The van der Waals surface area contributed by atoms with Gasteiger partial charge in [0.05, 0.1) is 4.90 Å². The fourth-order valence-corrected chi connectivity index (χ4v) is 3.76. The Labute approximate surface area is 128 Å². The maximum Gasteiger partial charge on any atom is 0.242 e. The highest BCUT2D eigenvalue weighted by Gasteiger charge is 2.20. The second kappa shape index (κ2) is 6.90. The van der Waals surface area contributed by atoms with Gasteiger partial charge < -0.3 is 5.32 Å². The summed E-state index contributed by atoms with van der Waals surface area (Å²) in [6.45, 7) is 3.11. The first kappa shape index (κ1) is 16.5. The van der Waals surface area contributed by atoms with E-state index in [2.05, 4.69) is 12.2 Å². The van der Waals surface area contributed by atoms with E-state index in [0.29, 0.717) is 10.9 Å². The molecule has 0 aliphatic heterocycles. The van der Waals surface area contributed by atoms with Gasteiger partial charge in [0.2, 0.25) is 10.0 Å². The van der Waals surface area contributed by atoms with Crippen molar-refractivity contribution in [3.8, 4) is 0 Å². The highest BCUT2D eigenvalue weighted by molar-refractivity contribution is 7.89. The minimum absolute atomic E-state index is 0.349. The lowest BCUT2D eigenvalue weighted by atomic mass is 9.86. The van der Waals surface area contributed by atoms with Crippen molar-refractivity contribution < 1.29 is 8.42 Å². The fraction of sp³-hybridized carbons (Fsp3) is 0.625. The third-order valence-electron chi connectivity index (χ3n) is 4.38. The number of rotatable bonds is 5. The summed E-state index contributed by atoms with van der Waals surface area (Å²) in [5, 5.41) is 3.61. The molecule has 1 aliphatic rings. The highest BCUT2D eigenvalue weighted by Crippen LogP contribution is 2.24. The van der Waals surface area contributed by atoms with Gasteiger partial charge in [-0.2, -0.15) is 0 Å². The largest absolute Gasteiger partial charge is 0.310 e. The molecule has 2 unspecified atom stereocenters. The maximum atomic E-state index is 12.0. The Balaban J connectivity index is 1.97. The Morgan fingerprint density at radius 2 is 1.76 bits per heavy atom. The minimum atomic E-state index is -3.32. The van der Waals surface area contributed by atoms with Crippen molar-refractivity contribution in [3.63, 3.8) is 0 Å². The molecule has 1 N–H and O–H groups in total. The summed E-state index contributed by atoms with van der Waals surface area (Å²) in [7, 11) is -0.223. The monoisotopic (exact) mass is 310 g/mol. The molecule has 1 saturated carbocycles. The van der Waals surface area contributed by atoms with Crippen molar-refractivity contribution in [2.75, 3.05) is 14.1 Å². The summed E-state index contributed by atoms with van der Waals surface area (Å²) in [6.07, 6.45) is 5.20. The van der Waals surface area contributed by atoms with E-state index in [1.165, 1.54) is 30.0 Å². The predicted octanol–water partition coefficient (Wildman–Crippen LogP) is 2.61. The van der Waals surface area contributed by atoms with E-state index in [1.54, 1.807) is 26.2 Å². The molecular formula is C16H26N2O2S. The normalized spacial score (nSPS) is 23.4. The zero-order chi connectivity index (χ0) is 15.5. The van der Waals surface area contributed by atoms with Crippen LogP contribution in [-0.2, 0) is 16.6 Å². The number of nitrogens with zero attached hydrogens (tertiary/aromatic N) is 1. The molecule has 118 valence electrons. The summed E-state index contributed by atoms with van der Waals surface area (Å²) in [6, 6.07) is 7.77. The summed E-state index contributed by atoms with van der Waals surface area (Å²) in [5.74, 6) is 0.729. The van der Waals surface area contributed by atoms with E-state index < -0.39 is 10.0 Å². The van der Waals surface area contributed by atoms with Crippen molar-refractivity contribution in [3.05, 3.63) is 29.8 Å². The average molecular weight is 310 g/mol. The molecule has 0 spiro atoms. The lowest BCUT2D eigenvalue weighted by Gasteiger charge is -2.29. The smallest absolute Gasteiger partial charge is 0.242 e. The van der Waals surface area contributed by atoms with Crippen molar-refractivity contribution in [2.24, 2.45) is 5.92 Å². The van der Waals surface area contributed by atoms with Gasteiger partial charge in [-0.25, -0.2) is 12.7 Å². The molecule has 1 aromatic carbocycles. The molecule has 4 nitrogen and oxygen atoms in total. The Morgan fingerprint density at radius 3 is 2.33 bits per heavy atom. The molecule has 21 heavy (non-hydrogen) atoms. The van der Waals surface area contributed by atoms with Crippen LogP contribution in [0.2, 0.25) is 0 Å². The Kier molecular flexibility index (Phi) is 5.41. The summed E-state index contributed by atoms with van der Waals surface area (Å²) >= 11 is 0. The van der Waals surface area contributed by atoms with Crippen molar-refractivity contribution in [1.29, 1.82) is 0 Å². The molecule has 2 atom stereocenters. The van der Waals surface area contributed by atoms with E-state index in [1.807, 2.05) is 12.1 Å². The van der Waals surface area contributed by atoms with Crippen molar-refractivity contribution in [2.45, 2.75) is 50.1 Å². The third-order valence-corrected chi connectivity index (χ3v) is 6.21. The van der Waals surface area contributed by atoms with Crippen LogP contribution in [0.5, 0.6) is 0 Å². The van der Waals surface area contributed by atoms with Crippen LogP contribution in [0.4, 0.5) is 0 Å². The van der Waals surface area contributed by atoms with Crippen molar-refractivity contribution in [1.82, 2.24) is 9.62 Å². The summed E-state index contributed by atoms with van der Waals surface area (Å²) in [4.78, 5) is 0.349. The Hall–Kier alpha value is -0.910. The zero-order valence-corrected chi connectivity index (χ0v) is 14.0. The summed E-state index contributed by atoms with van der Waals surface area (Å²) in [5.41, 5.74) is 1.13. The van der Waals surface area contributed by atoms with Crippen LogP contribution in [0.25, 0.3) is 0 Å². The predicted molar refractivity (Wildman–Crippen MR) is 85.6 cm³/mol. The van der Waals surface area contributed by atoms with Crippen molar-refractivity contribution >= 4 is 10.0 Å². The average Bonchev–Trinajstić information content (AvgIpc) is 2.46. The standard InChI is InChI=1S/C16H26N2O2S/c1-13-6-4-5-7-16(13)17-12-14-8-10-15(11-9-14)21(19,20)18(2)3/h8-11,13,16-17H,4-7,12H2,1-3H3. The van der Waals surface area contributed by atoms with E-state index in [4.69, 9.17) is 0 Å². The first-order valence-electron chi connectivity index (χ1n) is 7.66. The lowest BCUT2D eigenvalue weighted by molar-refractivity contribution is 0.279. The topological polar surface area (TPSA) is 49.4 Å². The van der Waals surface area contributed by atoms with Crippen LogP contribution in [-0.4, -0.2) is 32.9 Å². The van der Waals surface area contributed by atoms with Gasteiger partial charge in [0.25, 0.3) is 0 Å². The van der Waals surface area contributed by atoms with Crippen LogP contribution >= 0.6 is 0 Å². The molecule has 0 bridgehead atoms. The lowest BCUT2D eigenvalue weighted by Crippen LogP contribution is -2.36. The van der Waals surface area contributed by atoms with Gasteiger partial charge in [-0.05, 0) is 36.5 Å². The highest BCUT2D eigenvalue weighted by atomic mass is 32.2. The van der Waals surface area contributed by atoms with Gasteiger partial charge >= 0.3 is 0 Å². The minimum Gasteiger partial charge on any atom is -0.310 e. The molecule has 5 heteroatoms. The molecule has 0 aromatic heterocycles. The number of hydrogen-bond donors (Lipinski definition) is 1. The molecule has 0 heterocycles. The van der Waals surface area contributed by atoms with Gasteiger partial charge in [-0.15, -0.1) is 0 Å². The second-order valence-corrected chi connectivity index (χ2v) is 8.33. The van der Waals surface area contributed by atoms with Gasteiger partial charge in [-0.3, -0.25) is 0 Å². The molecule has 0 saturated heterocycles. The molecule has 1 aromatic rings. The first-order chi connectivity index (χ1) is 9.91. The quantitative estimate of drug-likeness (QED) is 0.909. The molecule has 1 fully saturated rings. The molecule has 0 amide bonds. The maximum absolute atomic E-state index is 12.0. The zero-order valence-electron chi connectivity index (χ0n) is 13.2. The molecule has 2 rings (SSSR count). The van der Waals surface area contributed by atoms with Crippen LogP contribution in [0.1, 0.15) is 38.2 Å². The number of sulfonamides is 1. The van der Waals surface area contributed by atoms with E-state index in [9.17, 15) is 8.42 Å². The number of nitrogens with one attached hydrogen (secondary N) is 1. The first-order valence-corrected chi connectivity index (χ1v) is 9.10. The summed E-state index contributed by atoms with van der Waals surface area (Å²) < 4.78 is 25.2. The SMILES string of the molecule is CC1CCCCC1NCc1ccc(S(=O)(=O)N(C)C)cc1. The van der Waals surface area contributed by atoms with Crippen LogP contribution in [0.15, 0.2) is 29.2 Å². The van der Waals surface area contributed by atoms with Crippen LogP contribution in [0.3, 0.4) is 0 Å². The number of benzene rings is 1. The van der Waals surface area contributed by atoms with Gasteiger partial charge in [-0.1, -0.05) is 31.9 Å². The van der Waals surface area contributed by atoms with Gasteiger partial charge in [0.1, 0.15) is 0 Å². The van der Waals surface area contributed by atoms with Gasteiger partial charge in [0.15, 0.2) is 0 Å². The van der Waals surface area contributed by atoms with E-state index in [-0.39, 0.29) is 0 Å². The van der Waals surface area contributed by atoms with Gasteiger partial charge in [0, 0.05) is 26.7 Å². The Bertz CT molecular complexity index is 552. The third kappa shape index (κ3) is 4.05. The van der Waals surface area contributed by atoms with E-state index in [0.717, 1.165) is 18.0 Å². The molecule has 0 radical (unpaired) electrons. The van der Waals surface area contributed by atoms with E-state index >= 15 is 0 Å². The molecular weight excluding hydrogens is 284 g/mol. The Morgan fingerprint density at radius 1 is 1.14 bits per heavy atom. The fourth-order valence-electron chi connectivity index (χ4n) is 2.86. The van der Waals surface area contributed by atoms with Crippen LogP contribution < -0.4 is 5.32 Å². The molecule has 1 aliphatic carbocycles. The second-order valence-electron chi connectivity index (χ2n) is 6.18. The van der Waals surface area contributed by atoms with Crippen LogP contribution in [0, 0.1) is 5.92 Å².